The lowest BCUT2D eigenvalue weighted by Crippen LogP contribution is -2.30. The molecule has 0 atom stereocenters. The summed E-state index contributed by atoms with van der Waals surface area (Å²) in [6.07, 6.45) is -5.23. The second-order valence-corrected chi connectivity index (χ2v) is 4.94. The van der Waals surface area contributed by atoms with Crippen LogP contribution in [-0.2, 0) is 6.18 Å². The average Bonchev–Trinajstić information content (AvgIpc) is 2.53. The molecular weight excluding hydrogens is 325 g/mol. The number of hydrogen-bond donors (Lipinski definition) is 0. The largest absolute Gasteiger partial charge is 0.481 e. The molecule has 0 radical (unpaired) electrons. The van der Waals surface area contributed by atoms with Crippen molar-refractivity contribution in [1.82, 2.24) is 4.98 Å². The fraction of sp³-hybridized carbons (Fsp3) is 0.250. The highest BCUT2D eigenvalue weighted by Crippen LogP contribution is 2.33. The van der Waals surface area contributed by atoms with Gasteiger partial charge in [0.1, 0.15) is 11.6 Å². The van der Waals surface area contributed by atoms with Gasteiger partial charge in [-0.15, -0.1) is 0 Å². The average molecular weight is 340 g/mol. The number of halogens is 3. The molecule has 24 heavy (non-hydrogen) atoms. The van der Waals surface area contributed by atoms with E-state index >= 15 is 0 Å². The molecule has 0 aliphatic heterocycles. The molecule has 1 aromatic carbocycles. The molecular formula is C16H15F3N2O3. The molecule has 0 spiro atoms. The van der Waals surface area contributed by atoms with Crippen LogP contribution in [0.5, 0.6) is 11.6 Å². The van der Waals surface area contributed by atoms with Crippen molar-refractivity contribution in [3.8, 4) is 11.6 Å². The number of methoxy groups -OCH3 is 1. The van der Waals surface area contributed by atoms with Gasteiger partial charge in [0.15, 0.2) is 0 Å². The second kappa shape index (κ2) is 6.77. The lowest BCUT2D eigenvalue weighted by Gasteiger charge is -2.17. The molecule has 0 fully saturated rings. The van der Waals surface area contributed by atoms with Gasteiger partial charge in [0.2, 0.25) is 5.88 Å². The summed E-state index contributed by atoms with van der Waals surface area (Å²) in [7, 11) is 2.87. The molecule has 0 saturated carbocycles. The quantitative estimate of drug-likeness (QED) is 0.846. The molecule has 1 aromatic heterocycles. The van der Waals surface area contributed by atoms with Crippen molar-refractivity contribution in [2.75, 3.05) is 19.1 Å². The van der Waals surface area contributed by atoms with Crippen molar-refractivity contribution in [2.24, 2.45) is 0 Å². The highest BCUT2D eigenvalue weighted by Gasteiger charge is 2.32. The topological polar surface area (TPSA) is 51.7 Å². The number of ether oxygens (including phenoxy) is 2. The molecule has 0 aliphatic rings. The van der Waals surface area contributed by atoms with E-state index in [1.165, 1.54) is 21.1 Å². The third kappa shape index (κ3) is 3.95. The van der Waals surface area contributed by atoms with Crippen LogP contribution in [0.3, 0.4) is 0 Å². The molecule has 0 unspecified atom stereocenters. The van der Waals surface area contributed by atoms with Crippen molar-refractivity contribution < 1.29 is 27.4 Å². The first-order valence-electron chi connectivity index (χ1n) is 6.87. The summed E-state index contributed by atoms with van der Waals surface area (Å²) >= 11 is 0. The zero-order valence-electron chi connectivity index (χ0n) is 13.2. The van der Waals surface area contributed by atoms with Gasteiger partial charge in [0.05, 0.1) is 12.7 Å². The maximum absolute atomic E-state index is 12.7. The molecule has 8 heteroatoms. The zero-order chi connectivity index (χ0) is 17.9. The van der Waals surface area contributed by atoms with Gasteiger partial charge in [-0.2, -0.15) is 18.2 Å². The van der Waals surface area contributed by atoms with Gasteiger partial charge in [-0.3, -0.25) is 4.90 Å². The van der Waals surface area contributed by atoms with E-state index in [4.69, 9.17) is 9.47 Å². The monoisotopic (exact) mass is 340 g/mol. The van der Waals surface area contributed by atoms with Crippen LogP contribution in [0.2, 0.25) is 0 Å². The summed E-state index contributed by atoms with van der Waals surface area (Å²) in [6, 6.07) is 7.97. The normalized spacial score (nSPS) is 11.1. The number of rotatable bonds is 3. The fourth-order valence-electron chi connectivity index (χ4n) is 1.98. The number of alkyl halides is 3. The predicted molar refractivity (Wildman–Crippen MR) is 81.4 cm³/mol. The van der Waals surface area contributed by atoms with E-state index in [1.54, 1.807) is 18.2 Å². The number of aryl methyl sites for hydroxylation is 1. The standard InChI is InChI=1S/C16H15F3N2O3/c1-10-9-11(7-8-12(10)16(17,18)19)24-15(22)21(2)13-5-4-6-14(20-13)23-3/h4-9H,1-3H3. The summed E-state index contributed by atoms with van der Waals surface area (Å²) < 4.78 is 48.2. The maximum Gasteiger partial charge on any atom is 0.420 e. The number of pyridine rings is 1. The molecule has 128 valence electrons. The number of anilines is 1. The highest BCUT2D eigenvalue weighted by atomic mass is 19.4. The van der Waals surface area contributed by atoms with Crippen LogP contribution in [0, 0.1) is 6.92 Å². The second-order valence-electron chi connectivity index (χ2n) is 4.94. The number of carbonyl (C=O) groups excluding carboxylic acids is 1. The van der Waals surface area contributed by atoms with Crippen molar-refractivity contribution >= 4 is 11.9 Å². The lowest BCUT2D eigenvalue weighted by atomic mass is 10.1. The first-order chi connectivity index (χ1) is 11.2. The summed E-state index contributed by atoms with van der Waals surface area (Å²) in [6.45, 7) is 1.30. The van der Waals surface area contributed by atoms with E-state index in [2.05, 4.69) is 4.98 Å². The summed E-state index contributed by atoms with van der Waals surface area (Å²) in [5.74, 6) is 0.612. The molecule has 0 bridgehead atoms. The first-order valence-corrected chi connectivity index (χ1v) is 6.87. The van der Waals surface area contributed by atoms with Crippen molar-refractivity contribution in [3.05, 3.63) is 47.5 Å². The smallest absolute Gasteiger partial charge is 0.420 e. The minimum Gasteiger partial charge on any atom is -0.481 e. The third-order valence-electron chi connectivity index (χ3n) is 3.24. The molecule has 1 heterocycles. The third-order valence-corrected chi connectivity index (χ3v) is 3.24. The van der Waals surface area contributed by atoms with Crippen LogP contribution < -0.4 is 14.4 Å². The fourth-order valence-corrected chi connectivity index (χ4v) is 1.98. The number of carbonyl (C=O) groups is 1. The van der Waals surface area contributed by atoms with Crippen LogP contribution in [0.1, 0.15) is 11.1 Å². The Labute approximate surface area is 136 Å². The van der Waals surface area contributed by atoms with Crippen molar-refractivity contribution in [2.45, 2.75) is 13.1 Å². The number of amides is 1. The number of benzene rings is 1. The number of aromatic nitrogens is 1. The first kappa shape index (κ1) is 17.6. The van der Waals surface area contributed by atoms with E-state index < -0.39 is 17.8 Å². The van der Waals surface area contributed by atoms with Gasteiger partial charge in [-0.1, -0.05) is 6.07 Å². The van der Waals surface area contributed by atoms with Gasteiger partial charge in [-0.25, -0.2) is 4.79 Å². The number of nitrogens with zero attached hydrogens (tertiary/aromatic N) is 2. The minimum atomic E-state index is -4.45. The Kier molecular flexibility index (Phi) is 4.96. The Hall–Kier alpha value is -2.77. The Balaban J connectivity index is 2.15. The van der Waals surface area contributed by atoms with E-state index in [1.807, 2.05) is 0 Å². The van der Waals surface area contributed by atoms with E-state index in [0.717, 1.165) is 23.1 Å². The van der Waals surface area contributed by atoms with E-state index in [9.17, 15) is 18.0 Å². The summed E-state index contributed by atoms with van der Waals surface area (Å²) in [5.41, 5.74) is -0.805. The van der Waals surface area contributed by atoms with Crippen LogP contribution >= 0.6 is 0 Å². The molecule has 0 N–H and O–H groups in total. The molecule has 0 saturated heterocycles. The van der Waals surface area contributed by atoms with E-state index in [-0.39, 0.29) is 17.1 Å². The van der Waals surface area contributed by atoms with Crippen LogP contribution in [0.25, 0.3) is 0 Å². The van der Waals surface area contributed by atoms with Crippen LogP contribution in [-0.4, -0.2) is 25.2 Å². The summed E-state index contributed by atoms with van der Waals surface area (Å²) in [4.78, 5) is 17.3. The molecule has 5 nitrogen and oxygen atoms in total. The molecule has 0 aliphatic carbocycles. The van der Waals surface area contributed by atoms with Gasteiger partial charge in [0, 0.05) is 13.1 Å². The molecule has 2 aromatic rings. The van der Waals surface area contributed by atoms with Gasteiger partial charge >= 0.3 is 12.3 Å². The predicted octanol–water partition coefficient (Wildman–Crippen LogP) is 4.05. The van der Waals surface area contributed by atoms with Crippen molar-refractivity contribution in [1.29, 1.82) is 0 Å². The van der Waals surface area contributed by atoms with Gasteiger partial charge in [0.25, 0.3) is 0 Å². The summed E-state index contributed by atoms with van der Waals surface area (Å²) in [5, 5.41) is 0. The molecule has 2 rings (SSSR count). The van der Waals surface area contributed by atoms with Gasteiger partial charge in [-0.05, 0) is 36.8 Å². The van der Waals surface area contributed by atoms with E-state index in [0.29, 0.717) is 5.88 Å². The Bertz CT molecular complexity index is 748. The SMILES string of the molecule is COc1cccc(N(C)C(=O)Oc2ccc(C(F)(F)F)c(C)c2)n1. The highest BCUT2D eigenvalue weighted by molar-refractivity contribution is 5.87. The lowest BCUT2D eigenvalue weighted by molar-refractivity contribution is -0.138. The van der Waals surface area contributed by atoms with Crippen LogP contribution in [0.15, 0.2) is 36.4 Å². The number of hydrogen-bond acceptors (Lipinski definition) is 4. The zero-order valence-corrected chi connectivity index (χ0v) is 13.2. The minimum absolute atomic E-state index is 0.0141. The van der Waals surface area contributed by atoms with Crippen LogP contribution in [0.4, 0.5) is 23.8 Å². The Morgan fingerprint density at radius 2 is 1.92 bits per heavy atom. The molecule has 1 amide bonds. The van der Waals surface area contributed by atoms with Crippen molar-refractivity contribution in [3.63, 3.8) is 0 Å². The van der Waals surface area contributed by atoms with Gasteiger partial charge < -0.3 is 9.47 Å². The Morgan fingerprint density at radius 3 is 2.50 bits per heavy atom. The Morgan fingerprint density at radius 1 is 1.21 bits per heavy atom. The maximum atomic E-state index is 12.7.